The lowest BCUT2D eigenvalue weighted by atomic mass is 9.98. The molecule has 0 spiro atoms. The van der Waals surface area contributed by atoms with Crippen LogP contribution in [-0.2, 0) is 16.1 Å². The molecule has 0 bridgehead atoms. The number of rotatable bonds is 9. The highest BCUT2D eigenvalue weighted by molar-refractivity contribution is 6.37. The third-order valence-corrected chi connectivity index (χ3v) is 8.24. The Hall–Kier alpha value is -5.26. The monoisotopic (exact) mass is 622 g/mol. The van der Waals surface area contributed by atoms with Crippen LogP contribution in [0, 0.1) is 5.82 Å². The first-order valence-electron chi connectivity index (χ1n) is 15.1. The highest BCUT2D eigenvalue weighted by atomic mass is 19.1. The largest absolute Gasteiger partial charge is 0.459 e. The smallest absolute Gasteiger partial charge is 0.287 e. The zero-order valence-electron chi connectivity index (χ0n) is 25.7. The molecule has 0 radical (unpaired) electrons. The number of carbonyl (C=O) groups is 3. The van der Waals surface area contributed by atoms with E-state index in [9.17, 15) is 18.8 Å². The Kier molecular flexibility index (Phi) is 8.95. The van der Waals surface area contributed by atoms with Crippen molar-refractivity contribution < 1.29 is 23.2 Å². The minimum Gasteiger partial charge on any atom is -0.459 e. The number of benzene rings is 3. The minimum absolute atomic E-state index is 0.00971. The Morgan fingerprint density at radius 1 is 0.978 bits per heavy atom. The summed E-state index contributed by atoms with van der Waals surface area (Å²) in [7, 11) is 3.85. The van der Waals surface area contributed by atoms with Crippen molar-refractivity contribution in [3.8, 4) is 0 Å². The lowest BCUT2D eigenvalue weighted by molar-refractivity contribution is -0.119. The van der Waals surface area contributed by atoms with Crippen molar-refractivity contribution in [2.45, 2.75) is 6.54 Å². The SMILES string of the molecule is CN1CCN(CC(=O)N(C)c2ccc(N/C(=C3\C(=O)Nc4cc(F)ccc43)c3cccc(CNC(=O)c4ccco4)c3)cc2)CC1. The van der Waals surface area contributed by atoms with Crippen LogP contribution in [0.3, 0.4) is 0 Å². The number of piperazine rings is 1. The Labute approximate surface area is 266 Å². The van der Waals surface area contributed by atoms with E-state index < -0.39 is 5.82 Å². The first kappa shape index (κ1) is 30.8. The molecular formula is C35H35FN6O4. The molecule has 0 saturated carbocycles. The number of hydrogen-bond acceptors (Lipinski definition) is 7. The Bertz CT molecular complexity index is 1780. The van der Waals surface area contributed by atoms with Crippen molar-refractivity contribution in [1.29, 1.82) is 0 Å². The second-order valence-corrected chi connectivity index (χ2v) is 11.5. The summed E-state index contributed by atoms with van der Waals surface area (Å²) in [5, 5.41) is 9.02. The van der Waals surface area contributed by atoms with Crippen LogP contribution in [0.1, 0.15) is 27.2 Å². The summed E-state index contributed by atoms with van der Waals surface area (Å²) in [4.78, 5) is 44.9. The van der Waals surface area contributed by atoms with Crippen LogP contribution in [0.5, 0.6) is 0 Å². The lowest BCUT2D eigenvalue weighted by Crippen LogP contribution is -2.48. The molecular weight excluding hydrogens is 587 g/mol. The van der Waals surface area contributed by atoms with Crippen molar-refractivity contribution in [1.82, 2.24) is 15.1 Å². The summed E-state index contributed by atoms with van der Waals surface area (Å²) in [6, 6.07) is 22.3. The van der Waals surface area contributed by atoms with Crippen LogP contribution >= 0.6 is 0 Å². The maximum Gasteiger partial charge on any atom is 0.287 e. The molecule has 2 aliphatic heterocycles. The molecule has 1 aromatic heterocycles. The van der Waals surface area contributed by atoms with Gasteiger partial charge in [0, 0.05) is 56.7 Å². The minimum atomic E-state index is -0.453. The number of nitrogens with zero attached hydrogens (tertiary/aromatic N) is 3. The van der Waals surface area contributed by atoms with E-state index in [1.807, 2.05) is 48.5 Å². The average molecular weight is 623 g/mol. The number of fused-ring (bicyclic) bond motifs is 1. The van der Waals surface area contributed by atoms with Gasteiger partial charge in [-0.05, 0) is 78.8 Å². The molecule has 0 atom stereocenters. The first-order valence-corrected chi connectivity index (χ1v) is 15.1. The number of carbonyl (C=O) groups excluding carboxylic acids is 3. The van der Waals surface area contributed by atoms with Gasteiger partial charge in [0.05, 0.1) is 29.8 Å². The molecule has 46 heavy (non-hydrogen) atoms. The quantitative estimate of drug-likeness (QED) is 0.236. The van der Waals surface area contributed by atoms with Gasteiger partial charge in [-0.25, -0.2) is 4.39 Å². The number of furan rings is 1. The van der Waals surface area contributed by atoms with E-state index >= 15 is 0 Å². The van der Waals surface area contributed by atoms with Crippen molar-refractivity contribution in [3.63, 3.8) is 0 Å². The highest BCUT2D eigenvalue weighted by Crippen LogP contribution is 2.38. The zero-order chi connectivity index (χ0) is 32.2. The molecule has 2 aliphatic rings. The van der Waals surface area contributed by atoms with Crippen LogP contribution in [-0.4, -0.2) is 74.3 Å². The molecule has 0 aliphatic carbocycles. The lowest BCUT2D eigenvalue weighted by Gasteiger charge is -2.32. The number of halogens is 1. The Morgan fingerprint density at radius 2 is 1.76 bits per heavy atom. The fraction of sp³-hybridized carbons (Fsp3) is 0.229. The van der Waals surface area contributed by atoms with Crippen LogP contribution < -0.4 is 20.9 Å². The molecule has 6 rings (SSSR count). The van der Waals surface area contributed by atoms with Crippen LogP contribution in [0.2, 0.25) is 0 Å². The number of likely N-dealkylation sites (N-methyl/N-ethyl adjacent to an activating group) is 2. The fourth-order valence-electron chi connectivity index (χ4n) is 5.55. The third kappa shape index (κ3) is 6.85. The molecule has 3 amide bonds. The molecule has 236 valence electrons. The second kappa shape index (κ2) is 13.4. The van der Waals surface area contributed by atoms with E-state index in [0.29, 0.717) is 40.3 Å². The maximum absolute atomic E-state index is 14.0. The van der Waals surface area contributed by atoms with Gasteiger partial charge < -0.3 is 30.2 Å². The summed E-state index contributed by atoms with van der Waals surface area (Å²) >= 11 is 0. The summed E-state index contributed by atoms with van der Waals surface area (Å²) in [6.07, 6.45) is 1.44. The predicted molar refractivity (Wildman–Crippen MR) is 176 cm³/mol. The van der Waals surface area contributed by atoms with Crippen molar-refractivity contribution in [2.24, 2.45) is 0 Å². The van der Waals surface area contributed by atoms with Gasteiger partial charge in [0.25, 0.3) is 11.8 Å². The van der Waals surface area contributed by atoms with Gasteiger partial charge in [-0.2, -0.15) is 0 Å². The van der Waals surface area contributed by atoms with Gasteiger partial charge >= 0.3 is 0 Å². The third-order valence-electron chi connectivity index (χ3n) is 8.24. The highest BCUT2D eigenvalue weighted by Gasteiger charge is 2.29. The van der Waals surface area contributed by atoms with E-state index in [-0.39, 0.29) is 30.0 Å². The number of hydrogen-bond donors (Lipinski definition) is 3. The summed E-state index contributed by atoms with van der Waals surface area (Å²) in [5.74, 6) is -0.945. The van der Waals surface area contributed by atoms with E-state index in [1.54, 1.807) is 30.1 Å². The summed E-state index contributed by atoms with van der Waals surface area (Å²) in [6.45, 7) is 4.18. The Balaban J connectivity index is 1.26. The van der Waals surface area contributed by atoms with E-state index in [0.717, 1.165) is 37.4 Å². The molecule has 3 N–H and O–H groups in total. The zero-order valence-corrected chi connectivity index (χ0v) is 25.7. The van der Waals surface area contributed by atoms with Crippen LogP contribution in [0.25, 0.3) is 11.3 Å². The normalized spacial score (nSPS) is 16.0. The predicted octanol–water partition coefficient (Wildman–Crippen LogP) is 4.49. The van der Waals surface area contributed by atoms with Gasteiger partial charge in [0.15, 0.2) is 5.76 Å². The molecule has 1 fully saturated rings. The molecule has 3 heterocycles. The molecule has 3 aromatic carbocycles. The maximum atomic E-state index is 14.0. The van der Waals surface area contributed by atoms with Crippen molar-refractivity contribution >= 4 is 46.1 Å². The number of nitrogens with one attached hydrogen (secondary N) is 3. The standard InChI is InChI=1S/C35H35FN6O4/c1-40-14-16-42(17-15-40)22-31(43)41(2)27-11-9-26(10-12-27)38-33(32-28-13-8-25(36)20-29(28)39-35(32)45)24-6-3-5-23(19-24)21-37-34(44)30-7-4-18-46-30/h3-13,18-20,38H,14-17,21-22H2,1-2H3,(H,37,44)(H,39,45)/b33-32-. The second-order valence-electron chi connectivity index (χ2n) is 11.5. The molecule has 10 nitrogen and oxygen atoms in total. The van der Waals surface area contributed by atoms with E-state index in [2.05, 4.69) is 32.8 Å². The van der Waals surface area contributed by atoms with Crippen LogP contribution in [0.15, 0.2) is 89.5 Å². The van der Waals surface area contributed by atoms with Gasteiger partial charge in [-0.3, -0.25) is 19.3 Å². The first-order chi connectivity index (χ1) is 22.2. The molecule has 4 aromatic rings. The van der Waals surface area contributed by atoms with Gasteiger partial charge in [0.2, 0.25) is 5.91 Å². The summed E-state index contributed by atoms with van der Waals surface area (Å²) < 4.78 is 19.2. The molecule has 1 saturated heterocycles. The van der Waals surface area contributed by atoms with Gasteiger partial charge in [-0.1, -0.05) is 18.2 Å². The van der Waals surface area contributed by atoms with E-state index in [1.165, 1.54) is 18.4 Å². The van der Waals surface area contributed by atoms with Crippen LogP contribution in [0.4, 0.5) is 21.5 Å². The summed E-state index contributed by atoms with van der Waals surface area (Å²) in [5.41, 5.74) is 4.73. The average Bonchev–Trinajstić information content (AvgIpc) is 3.71. The van der Waals surface area contributed by atoms with Gasteiger partial charge in [-0.15, -0.1) is 0 Å². The Morgan fingerprint density at radius 3 is 2.50 bits per heavy atom. The molecule has 0 unspecified atom stereocenters. The fourth-order valence-corrected chi connectivity index (χ4v) is 5.55. The van der Waals surface area contributed by atoms with E-state index in [4.69, 9.17) is 4.42 Å². The molecule has 11 heteroatoms. The number of amides is 3. The number of anilines is 3. The van der Waals surface area contributed by atoms with Crippen molar-refractivity contribution in [2.75, 3.05) is 62.4 Å². The topological polar surface area (TPSA) is 110 Å². The van der Waals surface area contributed by atoms with Crippen molar-refractivity contribution in [3.05, 3.63) is 113 Å². The van der Waals surface area contributed by atoms with Gasteiger partial charge in [0.1, 0.15) is 5.82 Å².